The van der Waals surface area contributed by atoms with Gasteiger partial charge in [0.25, 0.3) is 0 Å². The zero-order valence-electron chi connectivity index (χ0n) is 13.8. The summed E-state index contributed by atoms with van der Waals surface area (Å²) in [6.45, 7) is 8.51. The Balaban J connectivity index is 2.30. The predicted octanol–water partition coefficient (Wildman–Crippen LogP) is 0.0934. The molecule has 1 atom stereocenters. The number of hydrogen-bond acceptors (Lipinski definition) is 7. The third-order valence-electron chi connectivity index (χ3n) is 3.39. The van der Waals surface area contributed by atoms with E-state index in [1.807, 2.05) is 0 Å². The molecule has 1 aliphatic heterocycles. The quantitative estimate of drug-likeness (QED) is 0.525. The number of nitrogens with two attached hydrogens (primary N) is 1. The number of nitrogens with one attached hydrogen (secondary N) is 1. The van der Waals surface area contributed by atoms with Crippen LogP contribution in [0.5, 0.6) is 0 Å². The molecule has 1 rings (SSSR count). The van der Waals surface area contributed by atoms with Gasteiger partial charge in [0.05, 0.1) is 45.9 Å². The highest BCUT2D eigenvalue weighted by Crippen LogP contribution is 2.15. The number of ether oxygens (including phenoxy) is 4. The molecular formula is C14H32N2O5Si. The first-order valence-electron chi connectivity index (χ1n) is 8.12. The fourth-order valence-electron chi connectivity index (χ4n) is 2.09. The SMILES string of the molecule is C[Si]1(CCCNCCN)COCCOCCOCCOCO1. The Hall–Kier alpha value is -0.0631. The first kappa shape index (κ1) is 20.0. The summed E-state index contributed by atoms with van der Waals surface area (Å²) >= 11 is 0. The summed E-state index contributed by atoms with van der Waals surface area (Å²) in [5.74, 6) is 0. The van der Waals surface area contributed by atoms with Gasteiger partial charge in [-0.2, -0.15) is 0 Å². The lowest BCUT2D eigenvalue weighted by Crippen LogP contribution is -2.42. The van der Waals surface area contributed by atoms with E-state index in [2.05, 4.69) is 11.9 Å². The minimum absolute atomic E-state index is 0.322. The molecule has 0 bridgehead atoms. The molecule has 0 amide bonds. The van der Waals surface area contributed by atoms with Gasteiger partial charge >= 0.3 is 0 Å². The molecule has 0 aliphatic carbocycles. The largest absolute Gasteiger partial charge is 0.392 e. The Morgan fingerprint density at radius 2 is 1.55 bits per heavy atom. The lowest BCUT2D eigenvalue weighted by atomic mass is 10.5. The molecule has 1 fully saturated rings. The van der Waals surface area contributed by atoms with Crippen molar-refractivity contribution < 1.29 is 23.4 Å². The molecule has 22 heavy (non-hydrogen) atoms. The average molecular weight is 337 g/mol. The van der Waals surface area contributed by atoms with Crippen LogP contribution < -0.4 is 11.1 Å². The smallest absolute Gasteiger partial charge is 0.218 e. The summed E-state index contributed by atoms with van der Waals surface area (Å²) in [7, 11) is -1.92. The van der Waals surface area contributed by atoms with Gasteiger partial charge in [0.2, 0.25) is 8.32 Å². The summed E-state index contributed by atoms with van der Waals surface area (Å²) < 4.78 is 28.1. The van der Waals surface area contributed by atoms with Crippen LogP contribution in [-0.2, 0) is 23.4 Å². The summed E-state index contributed by atoms with van der Waals surface area (Å²) in [5, 5.41) is 3.31. The maximum absolute atomic E-state index is 6.02. The summed E-state index contributed by atoms with van der Waals surface area (Å²) in [4.78, 5) is 0. The van der Waals surface area contributed by atoms with Crippen molar-refractivity contribution in [2.24, 2.45) is 5.73 Å². The average Bonchev–Trinajstić information content (AvgIpc) is 2.51. The van der Waals surface area contributed by atoms with E-state index in [4.69, 9.17) is 29.1 Å². The molecule has 0 saturated carbocycles. The third kappa shape index (κ3) is 10.6. The van der Waals surface area contributed by atoms with Crippen molar-refractivity contribution in [3.8, 4) is 0 Å². The molecule has 0 spiro atoms. The summed E-state index contributed by atoms with van der Waals surface area (Å²) in [6.07, 6.45) is 1.73. The fraction of sp³-hybridized carbons (Fsp3) is 1.00. The minimum Gasteiger partial charge on any atom is -0.392 e. The van der Waals surface area contributed by atoms with Gasteiger partial charge in [-0.25, -0.2) is 0 Å². The van der Waals surface area contributed by atoms with Crippen LogP contribution in [0, 0.1) is 0 Å². The van der Waals surface area contributed by atoms with Crippen molar-refractivity contribution in [2.45, 2.75) is 19.0 Å². The van der Waals surface area contributed by atoms with E-state index in [1.165, 1.54) is 0 Å². The van der Waals surface area contributed by atoms with Gasteiger partial charge in [-0.05, 0) is 25.6 Å². The highest BCUT2D eigenvalue weighted by molar-refractivity contribution is 6.72. The maximum Gasteiger partial charge on any atom is 0.218 e. The maximum atomic E-state index is 6.02. The predicted molar refractivity (Wildman–Crippen MR) is 87.3 cm³/mol. The van der Waals surface area contributed by atoms with Crippen molar-refractivity contribution in [3.05, 3.63) is 0 Å². The standard InChI is InChI=1S/C14H32N2O5Si/c1-22(12-2-4-16-5-3-15)14-20-11-9-18-7-6-17-8-10-19-13-21-22/h16H,2-15H2,1H3. The van der Waals surface area contributed by atoms with E-state index in [0.29, 0.717) is 59.2 Å². The molecule has 7 nitrogen and oxygen atoms in total. The second-order valence-electron chi connectivity index (χ2n) is 5.54. The lowest BCUT2D eigenvalue weighted by molar-refractivity contribution is -0.0417. The van der Waals surface area contributed by atoms with Crippen LogP contribution in [0.3, 0.4) is 0 Å². The Morgan fingerprint density at radius 1 is 0.909 bits per heavy atom. The first-order chi connectivity index (χ1) is 10.8. The van der Waals surface area contributed by atoms with Crippen LogP contribution in [0.1, 0.15) is 6.42 Å². The normalized spacial score (nSPS) is 26.5. The Morgan fingerprint density at radius 3 is 2.23 bits per heavy atom. The molecule has 8 heteroatoms. The van der Waals surface area contributed by atoms with Crippen molar-refractivity contribution in [1.82, 2.24) is 5.32 Å². The topological polar surface area (TPSA) is 84.2 Å². The van der Waals surface area contributed by atoms with E-state index in [1.54, 1.807) is 0 Å². The molecule has 1 saturated heterocycles. The lowest BCUT2D eigenvalue weighted by Gasteiger charge is -2.27. The van der Waals surface area contributed by atoms with Gasteiger partial charge in [0.15, 0.2) is 0 Å². The van der Waals surface area contributed by atoms with Crippen molar-refractivity contribution in [3.63, 3.8) is 0 Å². The van der Waals surface area contributed by atoms with E-state index < -0.39 is 8.32 Å². The molecule has 3 N–H and O–H groups in total. The second-order valence-corrected chi connectivity index (χ2v) is 9.52. The highest BCUT2D eigenvalue weighted by atomic mass is 28.4. The molecule has 0 aromatic heterocycles. The van der Waals surface area contributed by atoms with E-state index in [-0.39, 0.29) is 0 Å². The molecule has 1 unspecified atom stereocenters. The van der Waals surface area contributed by atoms with Gasteiger partial charge in [0.1, 0.15) is 6.79 Å². The second kappa shape index (κ2) is 13.4. The highest BCUT2D eigenvalue weighted by Gasteiger charge is 2.29. The van der Waals surface area contributed by atoms with Gasteiger partial charge in [-0.3, -0.25) is 0 Å². The number of hydrogen-bond donors (Lipinski definition) is 2. The molecule has 1 heterocycles. The number of rotatable bonds is 6. The molecule has 0 aromatic rings. The van der Waals surface area contributed by atoms with E-state index in [0.717, 1.165) is 25.6 Å². The van der Waals surface area contributed by atoms with Gasteiger partial charge in [-0.15, -0.1) is 0 Å². The summed E-state index contributed by atoms with van der Waals surface area (Å²) in [5.41, 5.74) is 5.46. The van der Waals surface area contributed by atoms with E-state index in [9.17, 15) is 0 Å². The zero-order valence-corrected chi connectivity index (χ0v) is 14.8. The molecule has 0 aromatic carbocycles. The Bertz CT molecular complexity index is 242. The fourth-order valence-corrected chi connectivity index (χ4v) is 4.33. The van der Waals surface area contributed by atoms with Crippen LogP contribution in [-0.4, -0.2) is 80.6 Å². The van der Waals surface area contributed by atoms with Crippen LogP contribution in [0.4, 0.5) is 0 Å². The molecule has 1 aliphatic rings. The van der Waals surface area contributed by atoms with Gasteiger partial charge in [0, 0.05) is 13.1 Å². The Labute approximate surface area is 134 Å². The van der Waals surface area contributed by atoms with Crippen molar-refractivity contribution >= 4 is 8.32 Å². The first-order valence-corrected chi connectivity index (χ1v) is 10.9. The van der Waals surface area contributed by atoms with Gasteiger partial charge < -0.3 is 34.4 Å². The van der Waals surface area contributed by atoms with Crippen LogP contribution in [0.25, 0.3) is 0 Å². The van der Waals surface area contributed by atoms with Crippen molar-refractivity contribution in [1.29, 1.82) is 0 Å². The molecule has 132 valence electrons. The summed E-state index contributed by atoms with van der Waals surface area (Å²) in [6, 6.07) is 1.03. The third-order valence-corrected chi connectivity index (χ3v) is 6.44. The van der Waals surface area contributed by atoms with Crippen LogP contribution in [0.2, 0.25) is 12.6 Å². The van der Waals surface area contributed by atoms with E-state index >= 15 is 0 Å². The molecular weight excluding hydrogens is 304 g/mol. The Kier molecular flexibility index (Phi) is 12.2. The zero-order chi connectivity index (χ0) is 15.9. The molecule has 0 radical (unpaired) electrons. The minimum atomic E-state index is -1.92. The van der Waals surface area contributed by atoms with Gasteiger partial charge in [-0.1, -0.05) is 0 Å². The monoisotopic (exact) mass is 336 g/mol. The van der Waals surface area contributed by atoms with Crippen LogP contribution in [0.15, 0.2) is 0 Å². The van der Waals surface area contributed by atoms with Crippen LogP contribution >= 0.6 is 0 Å². The van der Waals surface area contributed by atoms with Crippen molar-refractivity contribution in [2.75, 3.05) is 72.3 Å².